The molecular formula is C21H32N3O2+. The molecule has 0 saturated carbocycles. The van der Waals surface area contributed by atoms with Gasteiger partial charge in [-0.2, -0.15) is 0 Å². The Balaban J connectivity index is 1.39. The van der Waals surface area contributed by atoms with Gasteiger partial charge in [0, 0.05) is 38.0 Å². The summed E-state index contributed by atoms with van der Waals surface area (Å²) >= 11 is 0. The zero-order chi connectivity index (χ0) is 18.4. The Kier molecular flexibility index (Phi) is 6.67. The van der Waals surface area contributed by atoms with Gasteiger partial charge in [-0.1, -0.05) is 12.1 Å². The fourth-order valence-corrected chi connectivity index (χ4v) is 4.10. The first kappa shape index (κ1) is 18.9. The molecule has 26 heavy (non-hydrogen) atoms. The standard InChI is InChI=1S/C21H31N3O2/c1-17-6-2-3-13-23(17)15-5-12-22-21(26)19-10-8-18(9-11-19)16-24-14-4-7-20(24)25/h8-11,17H,2-7,12-16H2,1H3,(H,22,26)/p+1/t17-/m1/s1. The number of rotatable bonds is 7. The molecule has 2 amide bonds. The van der Waals surface area contributed by atoms with Crippen molar-refractivity contribution in [3.63, 3.8) is 0 Å². The van der Waals surface area contributed by atoms with Crippen molar-refractivity contribution in [2.75, 3.05) is 26.2 Å². The Hall–Kier alpha value is -1.88. The molecule has 5 nitrogen and oxygen atoms in total. The van der Waals surface area contributed by atoms with E-state index in [0.29, 0.717) is 18.5 Å². The Bertz CT molecular complexity index is 614. The Morgan fingerprint density at radius 1 is 1.23 bits per heavy atom. The molecule has 1 aromatic rings. The summed E-state index contributed by atoms with van der Waals surface area (Å²) in [5.74, 6) is 0.229. The maximum absolute atomic E-state index is 12.3. The lowest BCUT2D eigenvalue weighted by atomic mass is 10.0. The van der Waals surface area contributed by atoms with E-state index in [1.54, 1.807) is 4.90 Å². The number of amides is 2. The molecule has 2 heterocycles. The lowest BCUT2D eigenvalue weighted by Crippen LogP contribution is -3.16. The molecular weight excluding hydrogens is 326 g/mol. The molecule has 2 saturated heterocycles. The van der Waals surface area contributed by atoms with E-state index in [1.807, 2.05) is 29.2 Å². The van der Waals surface area contributed by atoms with Gasteiger partial charge in [-0.05, 0) is 50.3 Å². The lowest BCUT2D eigenvalue weighted by Gasteiger charge is -2.30. The molecule has 0 spiro atoms. The monoisotopic (exact) mass is 358 g/mol. The van der Waals surface area contributed by atoms with Crippen molar-refractivity contribution >= 4 is 11.8 Å². The van der Waals surface area contributed by atoms with Crippen LogP contribution in [0.4, 0.5) is 0 Å². The second kappa shape index (κ2) is 9.17. The fraction of sp³-hybridized carbons (Fsp3) is 0.619. The summed E-state index contributed by atoms with van der Waals surface area (Å²) in [6.45, 7) is 6.99. The average Bonchev–Trinajstić information content (AvgIpc) is 3.05. The minimum Gasteiger partial charge on any atom is -0.352 e. The summed E-state index contributed by atoms with van der Waals surface area (Å²) in [6, 6.07) is 8.40. The van der Waals surface area contributed by atoms with E-state index >= 15 is 0 Å². The molecule has 1 unspecified atom stereocenters. The maximum Gasteiger partial charge on any atom is 0.251 e. The smallest absolute Gasteiger partial charge is 0.251 e. The van der Waals surface area contributed by atoms with E-state index < -0.39 is 0 Å². The molecule has 1 aromatic carbocycles. The van der Waals surface area contributed by atoms with Crippen molar-refractivity contribution < 1.29 is 14.5 Å². The number of hydrogen-bond acceptors (Lipinski definition) is 2. The number of quaternary nitrogens is 1. The van der Waals surface area contributed by atoms with Crippen LogP contribution in [0.25, 0.3) is 0 Å². The highest BCUT2D eigenvalue weighted by atomic mass is 16.2. The summed E-state index contributed by atoms with van der Waals surface area (Å²) in [5, 5.41) is 3.04. The molecule has 2 aliphatic heterocycles. The highest BCUT2D eigenvalue weighted by Crippen LogP contribution is 2.14. The lowest BCUT2D eigenvalue weighted by molar-refractivity contribution is -0.928. The number of nitrogens with one attached hydrogen (secondary N) is 2. The van der Waals surface area contributed by atoms with Crippen molar-refractivity contribution in [3.05, 3.63) is 35.4 Å². The van der Waals surface area contributed by atoms with E-state index in [2.05, 4.69) is 12.2 Å². The largest absolute Gasteiger partial charge is 0.352 e. The first-order chi connectivity index (χ1) is 12.6. The van der Waals surface area contributed by atoms with Gasteiger partial charge in [0.05, 0.1) is 19.1 Å². The van der Waals surface area contributed by atoms with Gasteiger partial charge in [-0.15, -0.1) is 0 Å². The van der Waals surface area contributed by atoms with Crippen LogP contribution in [-0.4, -0.2) is 48.9 Å². The van der Waals surface area contributed by atoms with E-state index in [0.717, 1.165) is 44.1 Å². The van der Waals surface area contributed by atoms with Gasteiger partial charge in [-0.3, -0.25) is 9.59 Å². The molecule has 0 radical (unpaired) electrons. The van der Waals surface area contributed by atoms with Crippen molar-refractivity contribution in [2.24, 2.45) is 0 Å². The minimum atomic E-state index is -0.00417. The van der Waals surface area contributed by atoms with Crippen LogP contribution in [0.1, 0.15) is 61.4 Å². The van der Waals surface area contributed by atoms with E-state index in [4.69, 9.17) is 0 Å². The molecule has 3 rings (SSSR count). The summed E-state index contributed by atoms with van der Waals surface area (Å²) in [6.07, 6.45) is 6.68. The van der Waals surface area contributed by atoms with Crippen LogP contribution in [0, 0.1) is 0 Å². The summed E-state index contributed by atoms with van der Waals surface area (Å²) < 4.78 is 0. The third-order valence-corrected chi connectivity index (χ3v) is 5.80. The molecule has 0 aliphatic carbocycles. The zero-order valence-corrected chi connectivity index (χ0v) is 15.9. The summed E-state index contributed by atoms with van der Waals surface area (Å²) in [4.78, 5) is 27.6. The maximum atomic E-state index is 12.3. The molecule has 2 aliphatic rings. The van der Waals surface area contributed by atoms with Gasteiger partial charge in [0.2, 0.25) is 5.91 Å². The molecule has 0 bridgehead atoms. The van der Waals surface area contributed by atoms with Crippen LogP contribution >= 0.6 is 0 Å². The van der Waals surface area contributed by atoms with Crippen LogP contribution < -0.4 is 10.2 Å². The number of likely N-dealkylation sites (tertiary alicyclic amines) is 2. The normalized spacial score (nSPS) is 23.3. The highest BCUT2D eigenvalue weighted by Gasteiger charge is 2.21. The molecule has 2 atom stereocenters. The molecule has 2 fully saturated rings. The van der Waals surface area contributed by atoms with Crippen LogP contribution in [0.3, 0.4) is 0 Å². The number of piperidine rings is 1. The van der Waals surface area contributed by atoms with Gasteiger partial charge in [0.1, 0.15) is 0 Å². The summed E-state index contributed by atoms with van der Waals surface area (Å²) in [7, 11) is 0. The van der Waals surface area contributed by atoms with Gasteiger partial charge < -0.3 is 15.1 Å². The molecule has 0 aromatic heterocycles. The van der Waals surface area contributed by atoms with Crippen LogP contribution in [0.15, 0.2) is 24.3 Å². The van der Waals surface area contributed by atoms with Gasteiger partial charge >= 0.3 is 0 Å². The first-order valence-electron chi connectivity index (χ1n) is 10.1. The zero-order valence-electron chi connectivity index (χ0n) is 15.9. The third-order valence-electron chi connectivity index (χ3n) is 5.80. The third kappa shape index (κ3) is 5.07. The van der Waals surface area contributed by atoms with E-state index in [1.165, 1.54) is 25.8 Å². The van der Waals surface area contributed by atoms with Crippen LogP contribution in [-0.2, 0) is 11.3 Å². The summed E-state index contributed by atoms with van der Waals surface area (Å²) in [5.41, 5.74) is 1.78. The number of carbonyl (C=O) groups excluding carboxylic acids is 2. The van der Waals surface area contributed by atoms with Gasteiger partial charge in [0.15, 0.2) is 0 Å². The van der Waals surface area contributed by atoms with Gasteiger partial charge in [-0.25, -0.2) is 0 Å². The van der Waals surface area contributed by atoms with Gasteiger partial charge in [0.25, 0.3) is 5.91 Å². The highest BCUT2D eigenvalue weighted by molar-refractivity contribution is 5.94. The molecule has 5 heteroatoms. The van der Waals surface area contributed by atoms with Crippen molar-refractivity contribution in [3.8, 4) is 0 Å². The quantitative estimate of drug-likeness (QED) is 0.724. The Morgan fingerprint density at radius 2 is 2.04 bits per heavy atom. The molecule has 142 valence electrons. The minimum absolute atomic E-state index is 0.00417. The van der Waals surface area contributed by atoms with Crippen LogP contribution in [0.2, 0.25) is 0 Å². The topological polar surface area (TPSA) is 53.9 Å². The van der Waals surface area contributed by atoms with E-state index in [-0.39, 0.29) is 11.8 Å². The number of nitrogens with zero attached hydrogens (tertiary/aromatic N) is 1. The number of benzene rings is 1. The SMILES string of the molecule is C[C@@H]1CCCC[NH+]1CCCNC(=O)c1ccc(CN2CCCC2=O)cc1. The Morgan fingerprint density at radius 3 is 2.73 bits per heavy atom. The van der Waals surface area contributed by atoms with Crippen molar-refractivity contribution in [1.82, 2.24) is 10.2 Å². The first-order valence-corrected chi connectivity index (χ1v) is 10.1. The second-order valence-corrected chi connectivity index (χ2v) is 7.78. The number of hydrogen-bond donors (Lipinski definition) is 2. The number of carbonyl (C=O) groups is 2. The molecule has 2 N–H and O–H groups in total. The van der Waals surface area contributed by atoms with Crippen molar-refractivity contribution in [1.29, 1.82) is 0 Å². The van der Waals surface area contributed by atoms with Crippen LogP contribution in [0.5, 0.6) is 0 Å². The van der Waals surface area contributed by atoms with E-state index in [9.17, 15) is 9.59 Å². The Labute approximate surface area is 156 Å². The second-order valence-electron chi connectivity index (χ2n) is 7.78. The fourth-order valence-electron chi connectivity index (χ4n) is 4.10. The average molecular weight is 359 g/mol. The van der Waals surface area contributed by atoms with Crippen molar-refractivity contribution in [2.45, 2.75) is 58.0 Å². The predicted molar refractivity (Wildman–Crippen MR) is 102 cm³/mol. The predicted octanol–water partition coefficient (Wildman–Crippen LogP) is 1.39.